The number of amides is 1. The van der Waals surface area contributed by atoms with Gasteiger partial charge in [0, 0.05) is 16.8 Å². The standard InChI is InChI=1S/C22H24N2O4/c1-12-11-22(2,3)23-14-9-8-13-20-15(27-4)6-5-7-16(20)28-17(10-18(25)24-26)21(13)19(12)14/h5-9,11,17,23,26H,10H2,1-4H3,(H,24,25). The van der Waals surface area contributed by atoms with Crippen molar-refractivity contribution in [1.29, 1.82) is 0 Å². The summed E-state index contributed by atoms with van der Waals surface area (Å²) in [6.07, 6.45) is 1.66. The van der Waals surface area contributed by atoms with Crippen molar-refractivity contribution in [2.45, 2.75) is 38.8 Å². The number of hydroxylamine groups is 1. The van der Waals surface area contributed by atoms with E-state index in [4.69, 9.17) is 14.7 Å². The predicted molar refractivity (Wildman–Crippen MR) is 108 cm³/mol. The molecule has 2 aliphatic heterocycles. The molecule has 28 heavy (non-hydrogen) atoms. The van der Waals surface area contributed by atoms with Crippen LogP contribution in [-0.2, 0) is 4.79 Å². The highest BCUT2D eigenvalue weighted by molar-refractivity contribution is 5.92. The van der Waals surface area contributed by atoms with Gasteiger partial charge in [0.25, 0.3) is 0 Å². The lowest BCUT2D eigenvalue weighted by Crippen LogP contribution is -2.33. The van der Waals surface area contributed by atoms with E-state index >= 15 is 0 Å². The minimum absolute atomic E-state index is 0.00722. The van der Waals surface area contributed by atoms with E-state index in [1.165, 1.54) is 0 Å². The molecule has 4 rings (SSSR count). The van der Waals surface area contributed by atoms with Crippen LogP contribution in [0.4, 0.5) is 5.69 Å². The van der Waals surface area contributed by atoms with Crippen LogP contribution < -0.4 is 20.3 Å². The molecule has 2 heterocycles. The summed E-state index contributed by atoms with van der Waals surface area (Å²) in [5.74, 6) is 0.883. The van der Waals surface area contributed by atoms with E-state index in [0.29, 0.717) is 5.75 Å². The van der Waals surface area contributed by atoms with Crippen molar-refractivity contribution in [3.63, 3.8) is 0 Å². The number of hydrogen-bond acceptors (Lipinski definition) is 5. The lowest BCUT2D eigenvalue weighted by molar-refractivity contribution is -0.131. The summed E-state index contributed by atoms with van der Waals surface area (Å²) in [5, 5.41) is 12.6. The lowest BCUT2D eigenvalue weighted by Gasteiger charge is -2.37. The van der Waals surface area contributed by atoms with Crippen LogP contribution in [0.3, 0.4) is 0 Å². The van der Waals surface area contributed by atoms with Gasteiger partial charge in [-0.1, -0.05) is 18.2 Å². The van der Waals surface area contributed by atoms with Gasteiger partial charge in [-0.2, -0.15) is 0 Å². The van der Waals surface area contributed by atoms with E-state index < -0.39 is 12.0 Å². The fourth-order valence-electron chi connectivity index (χ4n) is 4.31. The quantitative estimate of drug-likeness (QED) is 0.547. The average molecular weight is 380 g/mol. The number of nitrogens with one attached hydrogen (secondary N) is 2. The van der Waals surface area contributed by atoms with Gasteiger partial charge in [0.05, 0.1) is 24.6 Å². The van der Waals surface area contributed by atoms with E-state index in [-0.39, 0.29) is 12.0 Å². The second kappa shape index (κ2) is 6.56. The van der Waals surface area contributed by atoms with E-state index in [2.05, 4.69) is 38.2 Å². The fraction of sp³-hybridized carbons (Fsp3) is 0.318. The van der Waals surface area contributed by atoms with Crippen LogP contribution in [0.15, 0.2) is 36.4 Å². The molecule has 2 aromatic rings. The summed E-state index contributed by atoms with van der Waals surface area (Å²) in [5.41, 5.74) is 7.47. The van der Waals surface area contributed by atoms with Crippen molar-refractivity contribution in [2.24, 2.45) is 0 Å². The Bertz CT molecular complexity index is 994. The zero-order valence-electron chi connectivity index (χ0n) is 16.4. The van der Waals surface area contributed by atoms with Gasteiger partial charge in [0.1, 0.15) is 17.6 Å². The van der Waals surface area contributed by atoms with Crippen molar-refractivity contribution in [3.8, 4) is 22.6 Å². The third kappa shape index (κ3) is 2.90. The number of benzene rings is 2. The van der Waals surface area contributed by atoms with Crippen LogP contribution >= 0.6 is 0 Å². The van der Waals surface area contributed by atoms with E-state index in [0.717, 1.165) is 39.3 Å². The Labute approximate surface area is 164 Å². The molecular formula is C22H24N2O4. The maximum atomic E-state index is 12.0. The van der Waals surface area contributed by atoms with Gasteiger partial charge in [0.2, 0.25) is 5.91 Å². The Morgan fingerprint density at radius 1 is 1.29 bits per heavy atom. The van der Waals surface area contributed by atoms with E-state index in [9.17, 15) is 4.79 Å². The number of carbonyl (C=O) groups is 1. The monoisotopic (exact) mass is 380 g/mol. The summed E-state index contributed by atoms with van der Waals surface area (Å²) in [6.45, 7) is 6.30. The fourth-order valence-corrected chi connectivity index (χ4v) is 4.31. The first-order valence-electron chi connectivity index (χ1n) is 9.26. The van der Waals surface area contributed by atoms with Gasteiger partial charge in [-0.15, -0.1) is 0 Å². The highest BCUT2D eigenvalue weighted by Gasteiger charge is 2.35. The van der Waals surface area contributed by atoms with Gasteiger partial charge in [-0.05, 0) is 50.1 Å². The Kier molecular flexibility index (Phi) is 4.31. The molecule has 1 amide bonds. The molecular weight excluding hydrogens is 356 g/mol. The Morgan fingerprint density at radius 2 is 2.07 bits per heavy atom. The van der Waals surface area contributed by atoms with Gasteiger partial charge in [-0.25, -0.2) is 5.48 Å². The second-order valence-electron chi connectivity index (χ2n) is 7.80. The normalized spacial score (nSPS) is 18.5. The maximum absolute atomic E-state index is 12.0. The zero-order chi connectivity index (χ0) is 20.1. The number of methoxy groups -OCH3 is 1. The van der Waals surface area contributed by atoms with Gasteiger partial charge in [-0.3, -0.25) is 10.0 Å². The predicted octanol–water partition coefficient (Wildman–Crippen LogP) is 4.30. The average Bonchev–Trinajstić information content (AvgIpc) is 2.65. The van der Waals surface area contributed by atoms with E-state index in [1.54, 1.807) is 12.6 Å². The molecule has 6 nitrogen and oxygen atoms in total. The van der Waals surface area contributed by atoms with Crippen LogP contribution in [0.1, 0.15) is 44.4 Å². The van der Waals surface area contributed by atoms with Crippen LogP contribution in [0, 0.1) is 0 Å². The minimum Gasteiger partial charge on any atom is -0.496 e. The number of fused-ring (bicyclic) bond motifs is 5. The largest absolute Gasteiger partial charge is 0.496 e. The molecule has 6 heteroatoms. The minimum atomic E-state index is -0.525. The van der Waals surface area contributed by atoms with Crippen molar-refractivity contribution in [1.82, 2.24) is 5.48 Å². The van der Waals surface area contributed by atoms with Crippen LogP contribution in [-0.4, -0.2) is 23.8 Å². The van der Waals surface area contributed by atoms with Crippen molar-refractivity contribution in [2.75, 3.05) is 12.4 Å². The first-order chi connectivity index (χ1) is 13.3. The number of allylic oxidation sites excluding steroid dienone is 1. The summed E-state index contributed by atoms with van der Waals surface area (Å²) in [7, 11) is 1.63. The number of hydrogen-bond donors (Lipinski definition) is 3. The SMILES string of the molecule is COc1cccc2c1-c1ccc3c(c1C(CC(=O)NO)O2)C(C)=CC(C)(C)N3. The molecule has 146 valence electrons. The molecule has 0 aromatic heterocycles. The molecule has 0 spiro atoms. The molecule has 0 radical (unpaired) electrons. The molecule has 1 unspecified atom stereocenters. The van der Waals surface area contributed by atoms with Crippen LogP contribution in [0.25, 0.3) is 16.7 Å². The first-order valence-corrected chi connectivity index (χ1v) is 9.26. The molecule has 0 fully saturated rings. The summed E-state index contributed by atoms with van der Waals surface area (Å²) < 4.78 is 11.8. The van der Waals surface area contributed by atoms with Gasteiger partial charge in [0.15, 0.2) is 0 Å². The van der Waals surface area contributed by atoms with Crippen molar-refractivity contribution in [3.05, 3.63) is 47.5 Å². The topological polar surface area (TPSA) is 79.8 Å². The van der Waals surface area contributed by atoms with Crippen LogP contribution in [0.2, 0.25) is 0 Å². The third-order valence-electron chi connectivity index (χ3n) is 5.24. The maximum Gasteiger partial charge on any atom is 0.247 e. The Balaban J connectivity index is 1.99. The van der Waals surface area contributed by atoms with Crippen LogP contribution in [0.5, 0.6) is 11.5 Å². The number of ether oxygens (including phenoxy) is 2. The van der Waals surface area contributed by atoms with Crippen molar-refractivity contribution < 1.29 is 19.5 Å². The second-order valence-corrected chi connectivity index (χ2v) is 7.80. The summed E-state index contributed by atoms with van der Waals surface area (Å²) in [6, 6.07) is 9.74. The molecule has 0 bridgehead atoms. The highest BCUT2D eigenvalue weighted by Crippen LogP contribution is 2.52. The molecule has 2 aliphatic rings. The molecule has 2 aromatic carbocycles. The highest BCUT2D eigenvalue weighted by atomic mass is 16.5. The van der Waals surface area contributed by atoms with Crippen molar-refractivity contribution >= 4 is 17.2 Å². The number of rotatable bonds is 3. The molecule has 0 saturated heterocycles. The first kappa shape index (κ1) is 18.4. The molecule has 0 saturated carbocycles. The number of carbonyl (C=O) groups excluding carboxylic acids is 1. The molecule has 0 aliphatic carbocycles. The lowest BCUT2D eigenvalue weighted by atomic mass is 9.81. The number of anilines is 1. The van der Waals surface area contributed by atoms with Gasteiger partial charge < -0.3 is 14.8 Å². The summed E-state index contributed by atoms with van der Waals surface area (Å²) >= 11 is 0. The third-order valence-corrected chi connectivity index (χ3v) is 5.24. The smallest absolute Gasteiger partial charge is 0.247 e. The van der Waals surface area contributed by atoms with E-state index in [1.807, 2.05) is 24.3 Å². The molecule has 3 N–H and O–H groups in total. The molecule has 1 atom stereocenters. The Morgan fingerprint density at radius 3 is 2.79 bits per heavy atom. The van der Waals surface area contributed by atoms with Gasteiger partial charge >= 0.3 is 0 Å². The zero-order valence-corrected chi connectivity index (χ0v) is 16.4. The summed E-state index contributed by atoms with van der Waals surface area (Å²) in [4.78, 5) is 12.0. The Hall–Kier alpha value is -2.99.